The lowest BCUT2D eigenvalue weighted by atomic mass is 9.99. The lowest BCUT2D eigenvalue weighted by Crippen LogP contribution is -2.60. The lowest BCUT2D eigenvalue weighted by Gasteiger charge is -2.40. The number of nitrogens with one attached hydrogen (secondary N) is 1. The summed E-state index contributed by atoms with van der Waals surface area (Å²) in [5.41, 5.74) is 0. The zero-order valence-electron chi connectivity index (χ0n) is 44.7. The SMILES string of the molecule is CCCC/C=C\CCCCCCCC(=O)OCCCCCCCCCCC/C=C\CCCCCCCCCC(=O)NC(COC1OC(CO)C(O)C(O)C1O)C(O)/C=C/CC/C=C/CCCCCCC. The van der Waals surface area contributed by atoms with E-state index >= 15 is 0 Å². The number of hydrogen-bond acceptors (Lipinski definition) is 10. The molecule has 0 radical (unpaired) electrons. The molecular weight excluding hydrogens is 883 g/mol. The van der Waals surface area contributed by atoms with Gasteiger partial charge in [-0.2, -0.15) is 0 Å². The second-order valence-electron chi connectivity index (χ2n) is 20.0. The van der Waals surface area contributed by atoms with Gasteiger partial charge in [0.1, 0.15) is 24.4 Å². The van der Waals surface area contributed by atoms with Gasteiger partial charge in [0.05, 0.1) is 32.0 Å². The average Bonchev–Trinajstić information content (AvgIpc) is 3.36. The highest BCUT2D eigenvalue weighted by atomic mass is 16.7. The number of allylic oxidation sites excluding steroid dienone is 7. The number of rotatable bonds is 49. The topological polar surface area (TPSA) is 175 Å². The van der Waals surface area contributed by atoms with E-state index in [-0.39, 0.29) is 18.5 Å². The highest BCUT2D eigenvalue weighted by Crippen LogP contribution is 2.23. The molecule has 1 aliphatic rings. The Kier molecular flexibility index (Phi) is 45.8. The quantitative estimate of drug-likeness (QED) is 0.0196. The van der Waals surface area contributed by atoms with Crippen LogP contribution in [0, 0.1) is 0 Å². The first kappa shape index (κ1) is 65.6. The first-order valence-corrected chi connectivity index (χ1v) is 28.9. The van der Waals surface area contributed by atoms with E-state index in [1.807, 2.05) is 6.08 Å². The van der Waals surface area contributed by atoms with Crippen molar-refractivity contribution in [1.29, 1.82) is 0 Å². The van der Waals surface area contributed by atoms with Crippen LogP contribution in [-0.2, 0) is 23.8 Å². The standard InChI is InChI=1S/C59H107NO10/c1-3-5-7-9-11-13-25-29-33-37-41-45-52(62)51(50-69-59-58(67)57(66)56(65)53(49-61)70-59)60-54(63)46-42-38-34-30-27-23-21-19-17-15-16-18-20-22-24-28-32-36-40-44-48-68-55(64)47-43-39-35-31-26-14-12-10-8-6-4-2/h10,12,15,17,25,29,41,45,51-53,56-59,61-62,65-67H,3-9,11,13-14,16,18-24,26-28,30-40,42-44,46-50H2,1-2H3,(H,60,63)/b12-10-,17-15-,29-25+,45-41+. The van der Waals surface area contributed by atoms with Gasteiger partial charge in [-0.05, 0) is 89.9 Å². The van der Waals surface area contributed by atoms with Crippen molar-refractivity contribution in [1.82, 2.24) is 5.32 Å². The molecule has 0 aromatic carbocycles. The molecule has 6 N–H and O–H groups in total. The fourth-order valence-electron chi connectivity index (χ4n) is 8.72. The number of esters is 1. The van der Waals surface area contributed by atoms with Crippen molar-refractivity contribution in [3.8, 4) is 0 Å². The van der Waals surface area contributed by atoms with Crippen molar-refractivity contribution < 1.29 is 49.3 Å². The average molecular weight is 991 g/mol. The second-order valence-corrected chi connectivity index (χ2v) is 20.0. The van der Waals surface area contributed by atoms with E-state index in [4.69, 9.17) is 14.2 Å². The molecule has 0 saturated carbocycles. The summed E-state index contributed by atoms with van der Waals surface area (Å²) in [5.74, 6) is -0.223. The van der Waals surface area contributed by atoms with Gasteiger partial charge in [-0.25, -0.2) is 0 Å². The summed E-state index contributed by atoms with van der Waals surface area (Å²) < 4.78 is 16.6. The fourth-order valence-corrected chi connectivity index (χ4v) is 8.72. The fraction of sp³-hybridized carbons (Fsp3) is 0.831. The predicted molar refractivity (Wildman–Crippen MR) is 287 cm³/mol. The molecule has 408 valence electrons. The molecule has 0 bridgehead atoms. The number of unbranched alkanes of at least 4 members (excludes halogenated alkanes) is 29. The Morgan fingerprint density at radius 1 is 0.514 bits per heavy atom. The monoisotopic (exact) mass is 990 g/mol. The zero-order chi connectivity index (χ0) is 51.0. The summed E-state index contributed by atoms with van der Waals surface area (Å²) in [5, 5.41) is 54.2. The number of amides is 1. The maximum absolute atomic E-state index is 13.0. The van der Waals surface area contributed by atoms with Crippen LogP contribution in [0.5, 0.6) is 0 Å². The minimum absolute atomic E-state index is 0.0201. The molecule has 11 nitrogen and oxygen atoms in total. The molecule has 7 atom stereocenters. The van der Waals surface area contributed by atoms with Crippen LogP contribution in [0.4, 0.5) is 0 Å². The summed E-state index contributed by atoms with van der Waals surface area (Å²) in [6.07, 6.45) is 50.6. The third-order valence-corrected chi connectivity index (χ3v) is 13.4. The van der Waals surface area contributed by atoms with Crippen molar-refractivity contribution in [2.24, 2.45) is 0 Å². The molecule has 11 heteroatoms. The van der Waals surface area contributed by atoms with E-state index in [0.29, 0.717) is 19.4 Å². The highest BCUT2D eigenvalue weighted by molar-refractivity contribution is 5.76. The normalized spacial score (nSPS) is 19.6. The van der Waals surface area contributed by atoms with Gasteiger partial charge in [-0.3, -0.25) is 9.59 Å². The van der Waals surface area contributed by atoms with Gasteiger partial charge in [-0.15, -0.1) is 0 Å². The second kappa shape index (κ2) is 48.9. The van der Waals surface area contributed by atoms with E-state index < -0.39 is 49.5 Å². The van der Waals surface area contributed by atoms with Crippen LogP contribution in [0.2, 0.25) is 0 Å². The van der Waals surface area contributed by atoms with E-state index in [9.17, 15) is 35.1 Å². The molecule has 1 rings (SSSR count). The van der Waals surface area contributed by atoms with E-state index in [1.54, 1.807) is 6.08 Å². The molecule has 1 aliphatic heterocycles. The van der Waals surface area contributed by atoms with Crippen molar-refractivity contribution in [3.63, 3.8) is 0 Å². The first-order valence-electron chi connectivity index (χ1n) is 28.9. The van der Waals surface area contributed by atoms with Crippen LogP contribution in [-0.4, -0.2) is 100 Å². The molecule has 0 aromatic rings. The van der Waals surface area contributed by atoms with Crippen molar-refractivity contribution in [3.05, 3.63) is 48.6 Å². The van der Waals surface area contributed by atoms with Gasteiger partial charge < -0.3 is 45.1 Å². The predicted octanol–water partition coefficient (Wildman–Crippen LogP) is 12.9. The van der Waals surface area contributed by atoms with Gasteiger partial charge in [0.25, 0.3) is 0 Å². The minimum Gasteiger partial charge on any atom is -0.466 e. The van der Waals surface area contributed by atoms with Crippen molar-refractivity contribution >= 4 is 11.9 Å². The Morgan fingerprint density at radius 2 is 0.943 bits per heavy atom. The molecule has 1 heterocycles. The summed E-state index contributed by atoms with van der Waals surface area (Å²) in [4.78, 5) is 25.0. The minimum atomic E-state index is -1.58. The molecule has 7 unspecified atom stereocenters. The number of carbonyl (C=O) groups is 2. The summed E-state index contributed by atoms with van der Waals surface area (Å²) in [6, 6.07) is -0.834. The summed E-state index contributed by atoms with van der Waals surface area (Å²) in [7, 11) is 0. The molecule has 0 aliphatic carbocycles. The molecule has 0 aromatic heterocycles. The van der Waals surface area contributed by atoms with Gasteiger partial charge in [-0.1, -0.05) is 197 Å². The third-order valence-electron chi connectivity index (χ3n) is 13.4. The Labute approximate surface area is 427 Å². The van der Waals surface area contributed by atoms with Crippen LogP contribution in [0.15, 0.2) is 48.6 Å². The first-order chi connectivity index (χ1) is 34.2. The maximum Gasteiger partial charge on any atom is 0.305 e. The van der Waals surface area contributed by atoms with Crippen LogP contribution in [0.1, 0.15) is 251 Å². The van der Waals surface area contributed by atoms with Gasteiger partial charge in [0.2, 0.25) is 5.91 Å². The third kappa shape index (κ3) is 38.3. The number of hydrogen-bond donors (Lipinski definition) is 6. The molecule has 1 saturated heterocycles. The maximum atomic E-state index is 13.0. The highest BCUT2D eigenvalue weighted by Gasteiger charge is 2.44. The van der Waals surface area contributed by atoms with Crippen LogP contribution < -0.4 is 5.32 Å². The number of aliphatic hydroxyl groups excluding tert-OH is 5. The van der Waals surface area contributed by atoms with E-state index in [2.05, 4.69) is 55.6 Å². The Morgan fingerprint density at radius 3 is 1.46 bits per heavy atom. The summed E-state index contributed by atoms with van der Waals surface area (Å²) >= 11 is 0. The number of aliphatic hydroxyl groups is 5. The molecule has 70 heavy (non-hydrogen) atoms. The largest absolute Gasteiger partial charge is 0.466 e. The smallest absolute Gasteiger partial charge is 0.305 e. The lowest BCUT2D eigenvalue weighted by molar-refractivity contribution is -0.302. The van der Waals surface area contributed by atoms with Gasteiger partial charge in [0.15, 0.2) is 6.29 Å². The van der Waals surface area contributed by atoms with E-state index in [0.717, 1.165) is 77.0 Å². The summed E-state index contributed by atoms with van der Waals surface area (Å²) in [6.45, 7) is 4.24. The molecular formula is C59H107NO10. The van der Waals surface area contributed by atoms with Crippen molar-refractivity contribution in [2.45, 2.75) is 294 Å². The Bertz CT molecular complexity index is 1300. The van der Waals surface area contributed by atoms with Crippen LogP contribution in [0.3, 0.4) is 0 Å². The Balaban J connectivity index is 2.09. The number of ether oxygens (including phenoxy) is 3. The zero-order valence-corrected chi connectivity index (χ0v) is 44.7. The number of carbonyl (C=O) groups excluding carboxylic acids is 2. The molecule has 1 fully saturated rings. The molecule has 0 spiro atoms. The van der Waals surface area contributed by atoms with Gasteiger partial charge in [0, 0.05) is 12.8 Å². The van der Waals surface area contributed by atoms with Gasteiger partial charge >= 0.3 is 5.97 Å². The molecule has 1 amide bonds. The van der Waals surface area contributed by atoms with Crippen LogP contribution >= 0.6 is 0 Å². The Hall–Kier alpha value is -2.38. The van der Waals surface area contributed by atoms with E-state index in [1.165, 1.54) is 148 Å². The van der Waals surface area contributed by atoms with Crippen LogP contribution in [0.25, 0.3) is 0 Å². The van der Waals surface area contributed by atoms with Crippen molar-refractivity contribution in [2.75, 3.05) is 19.8 Å².